The van der Waals surface area contributed by atoms with Crippen LogP contribution in [-0.2, 0) is 9.53 Å². The van der Waals surface area contributed by atoms with Crippen LogP contribution in [0.4, 0.5) is 5.69 Å². The Balaban J connectivity index is 0.00000420. The fourth-order valence-corrected chi connectivity index (χ4v) is 3.53. The number of ether oxygens (including phenoxy) is 2. The van der Waals surface area contributed by atoms with Crippen molar-refractivity contribution in [3.63, 3.8) is 0 Å². The minimum Gasteiger partial charge on any atom is -0.496 e. The molecule has 3 N–H and O–H groups in total. The van der Waals surface area contributed by atoms with E-state index in [0.29, 0.717) is 28.4 Å². The van der Waals surface area contributed by atoms with Gasteiger partial charge >= 0.3 is 5.97 Å². The molecule has 0 atom stereocenters. The lowest BCUT2D eigenvalue weighted by Gasteiger charge is -2.32. The normalized spacial score (nSPS) is 14.7. The van der Waals surface area contributed by atoms with E-state index in [1.54, 1.807) is 12.1 Å². The van der Waals surface area contributed by atoms with Crippen molar-refractivity contribution in [2.75, 3.05) is 39.6 Å². The molecule has 1 heterocycles. The monoisotopic (exact) mass is 447 g/mol. The fraction of sp³-hybridized carbons (Fsp3) is 0.600. The lowest BCUT2D eigenvalue weighted by molar-refractivity contribution is -0.140. The first-order valence-electron chi connectivity index (χ1n) is 9.67. The molecule has 9 heteroatoms. The van der Waals surface area contributed by atoms with Gasteiger partial charge in [0.25, 0.3) is 5.91 Å². The molecule has 29 heavy (non-hydrogen) atoms. The maximum atomic E-state index is 12.6. The lowest BCUT2D eigenvalue weighted by Crippen LogP contribution is -2.44. The van der Waals surface area contributed by atoms with Crippen LogP contribution in [0.2, 0.25) is 5.02 Å². The molecule has 0 bridgehead atoms. The van der Waals surface area contributed by atoms with E-state index in [0.717, 1.165) is 51.7 Å². The van der Waals surface area contributed by atoms with Crippen molar-refractivity contribution < 1.29 is 19.1 Å². The van der Waals surface area contributed by atoms with E-state index < -0.39 is 0 Å². The van der Waals surface area contributed by atoms with Crippen LogP contribution >= 0.6 is 24.0 Å². The third-order valence-corrected chi connectivity index (χ3v) is 5.40. The van der Waals surface area contributed by atoms with Gasteiger partial charge in [0, 0.05) is 31.6 Å². The summed E-state index contributed by atoms with van der Waals surface area (Å²) in [7, 11) is 2.92. The van der Waals surface area contributed by atoms with Crippen LogP contribution in [0.1, 0.15) is 48.9 Å². The maximum absolute atomic E-state index is 12.6. The lowest BCUT2D eigenvalue weighted by atomic mass is 10.0. The summed E-state index contributed by atoms with van der Waals surface area (Å²) < 4.78 is 9.90. The maximum Gasteiger partial charge on any atom is 0.305 e. The van der Waals surface area contributed by atoms with E-state index >= 15 is 0 Å². The Hall–Kier alpha value is -1.70. The Labute approximate surface area is 183 Å². The van der Waals surface area contributed by atoms with Gasteiger partial charge in [0.15, 0.2) is 0 Å². The molecule has 1 aromatic rings. The van der Waals surface area contributed by atoms with Crippen molar-refractivity contribution in [2.24, 2.45) is 0 Å². The second-order valence-electron chi connectivity index (χ2n) is 7.05. The van der Waals surface area contributed by atoms with E-state index in [9.17, 15) is 9.59 Å². The average molecular weight is 448 g/mol. The number of esters is 1. The summed E-state index contributed by atoms with van der Waals surface area (Å²) in [6.45, 7) is 2.91. The number of anilines is 1. The number of piperidine rings is 1. The van der Waals surface area contributed by atoms with Gasteiger partial charge in [0.1, 0.15) is 5.75 Å². The number of halogens is 2. The Morgan fingerprint density at radius 1 is 1.21 bits per heavy atom. The molecule has 1 saturated heterocycles. The third-order valence-electron chi connectivity index (χ3n) is 5.07. The van der Waals surface area contributed by atoms with Crippen LogP contribution in [0, 0.1) is 0 Å². The van der Waals surface area contributed by atoms with Gasteiger partial charge in [-0.25, -0.2) is 0 Å². The number of benzene rings is 1. The first kappa shape index (κ1) is 25.3. The number of nitrogens with zero attached hydrogens (tertiary/aromatic N) is 1. The first-order valence-corrected chi connectivity index (χ1v) is 10.1. The Morgan fingerprint density at radius 2 is 1.90 bits per heavy atom. The number of unbranched alkanes of at least 4 members (excludes halogenated alkanes) is 2. The van der Waals surface area contributed by atoms with Crippen molar-refractivity contribution in [2.45, 2.75) is 44.6 Å². The molecule has 0 saturated carbocycles. The molecule has 1 aromatic carbocycles. The number of hydrogen-bond acceptors (Lipinski definition) is 6. The smallest absolute Gasteiger partial charge is 0.305 e. The summed E-state index contributed by atoms with van der Waals surface area (Å²) in [5.41, 5.74) is 6.56. The predicted octanol–water partition coefficient (Wildman–Crippen LogP) is 3.28. The number of methoxy groups -OCH3 is 2. The molecular formula is C20H31Cl2N3O4. The van der Waals surface area contributed by atoms with Crippen molar-refractivity contribution in [3.05, 3.63) is 22.7 Å². The number of nitrogen functional groups attached to an aromatic ring is 1. The van der Waals surface area contributed by atoms with Crippen molar-refractivity contribution in [1.29, 1.82) is 0 Å². The molecule has 0 aromatic heterocycles. The summed E-state index contributed by atoms with van der Waals surface area (Å²) in [5.74, 6) is 0.0828. The molecule has 0 radical (unpaired) electrons. The number of nitrogens with one attached hydrogen (secondary N) is 1. The second-order valence-corrected chi connectivity index (χ2v) is 7.46. The van der Waals surface area contributed by atoms with Gasteiger partial charge in [-0.15, -0.1) is 12.4 Å². The minimum atomic E-state index is -0.194. The SMILES string of the molecule is COC(=O)CCCCCN1CCC(NC(=O)c2cc(Cl)c(N)cc2OC)CC1.Cl. The zero-order valence-electron chi connectivity index (χ0n) is 17.0. The van der Waals surface area contributed by atoms with Crippen molar-refractivity contribution in [3.8, 4) is 5.75 Å². The Kier molecular flexibility index (Phi) is 11.2. The van der Waals surface area contributed by atoms with Gasteiger partial charge < -0.3 is 25.4 Å². The van der Waals surface area contributed by atoms with E-state index in [1.165, 1.54) is 14.2 Å². The molecule has 1 aliphatic heterocycles. The van der Waals surface area contributed by atoms with Crippen LogP contribution in [-0.4, -0.2) is 56.7 Å². The van der Waals surface area contributed by atoms with E-state index in [1.807, 2.05) is 0 Å². The number of likely N-dealkylation sites (tertiary alicyclic amines) is 1. The predicted molar refractivity (Wildman–Crippen MR) is 117 cm³/mol. The molecule has 2 rings (SSSR count). The molecule has 7 nitrogen and oxygen atoms in total. The molecule has 0 unspecified atom stereocenters. The molecule has 0 spiro atoms. The van der Waals surface area contributed by atoms with Gasteiger partial charge in [-0.3, -0.25) is 9.59 Å². The largest absolute Gasteiger partial charge is 0.496 e. The van der Waals surface area contributed by atoms with Crippen LogP contribution in [0.25, 0.3) is 0 Å². The van der Waals surface area contributed by atoms with E-state index in [2.05, 4.69) is 15.0 Å². The van der Waals surface area contributed by atoms with Crippen LogP contribution in [0.15, 0.2) is 12.1 Å². The topological polar surface area (TPSA) is 93.9 Å². The molecule has 164 valence electrons. The van der Waals surface area contributed by atoms with Gasteiger partial charge in [0.05, 0.1) is 30.5 Å². The highest BCUT2D eigenvalue weighted by Crippen LogP contribution is 2.29. The summed E-state index contributed by atoms with van der Waals surface area (Å²) in [5, 5.41) is 3.42. The molecular weight excluding hydrogens is 417 g/mol. The number of carbonyl (C=O) groups excluding carboxylic acids is 2. The minimum absolute atomic E-state index is 0. The third kappa shape index (κ3) is 7.91. The number of rotatable bonds is 9. The quantitative estimate of drug-likeness (QED) is 0.342. The zero-order chi connectivity index (χ0) is 20.5. The molecule has 1 aliphatic rings. The highest BCUT2D eigenvalue weighted by molar-refractivity contribution is 6.33. The number of amides is 1. The van der Waals surface area contributed by atoms with Gasteiger partial charge in [-0.1, -0.05) is 18.0 Å². The molecule has 0 aliphatic carbocycles. The van der Waals surface area contributed by atoms with Crippen LogP contribution in [0.3, 0.4) is 0 Å². The standard InChI is InChI=1S/C20H30ClN3O4.ClH/c1-27-18-13-17(22)16(21)12-15(18)20(26)23-14-7-10-24(11-8-14)9-5-3-4-6-19(25)28-2;/h12-14H,3-11,22H2,1-2H3,(H,23,26);1H. The number of nitrogens with two attached hydrogens (primary N) is 1. The molecule has 1 fully saturated rings. The fourth-order valence-electron chi connectivity index (χ4n) is 3.36. The number of carbonyl (C=O) groups is 2. The Bertz CT molecular complexity index is 680. The molecule has 1 amide bonds. The summed E-state index contributed by atoms with van der Waals surface area (Å²) in [4.78, 5) is 26.1. The van der Waals surface area contributed by atoms with E-state index in [-0.39, 0.29) is 30.3 Å². The zero-order valence-corrected chi connectivity index (χ0v) is 18.6. The van der Waals surface area contributed by atoms with Crippen LogP contribution in [0.5, 0.6) is 5.75 Å². The van der Waals surface area contributed by atoms with Gasteiger partial charge in [-0.05, 0) is 38.3 Å². The van der Waals surface area contributed by atoms with Gasteiger partial charge in [0.2, 0.25) is 0 Å². The highest BCUT2D eigenvalue weighted by atomic mass is 35.5. The highest BCUT2D eigenvalue weighted by Gasteiger charge is 2.23. The van der Waals surface area contributed by atoms with Crippen molar-refractivity contribution >= 4 is 41.6 Å². The average Bonchev–Trinajstić information content (AvgIpc) is 2.70. The summed E-state index contributed by atoms with van der Waals surface area (Å²) in [6, 6.07) is 3.25. The first-order chi connectivity index (χ1) is 13.4. The second kappa shape index (κ2) is 12.8. The Morgan fingerprint density at radius 3 is 2.52 bits per heavy atom. The van der Waals surface area contributed by atoms with Crippen molar-refractivity contribution in [1.82, 2.24) is 10.2 Å². The summed E-state index contributed by atoms with van der Waals surface area (Å²) >= 11 is 6.05. The van der Waals surface area contributed by atoms with Crippen LogP contribution < -0.4 is 15.8 Å². The van der Waals surface area contributed by atoms with E-state index in [4.69, 9.17) is 22.1 Å². The summed E-state index contributed by atoms with van der Waals surface area (Å²) in [6.07, 6.45) is 5.24. The number of hydrogen-bond donors (Lipinski definition) is 2. The van der Waals surface area contributed by atoms with Gasteiger partial charge in [-0.2, -0.15) is 0 Å².